The molecule has 1 aromatic heterocycles. The summed E-state index contributed by atoms with van der Waals surface area (Å²) in [5.41, 5.74) is 1.58. The fourth-order valence-electron chi connectivity index (χ4n) is 1.83. The first-order chi connectivity index (χ1) is 9.87. The number of carboxylic acid groups (broad SMARTS) is 1. The molecule has 0 fully saturated rings. The molecule has 0 aliphatic carbocycles. The van der Waals surface area contributed by atoms with Crippen molar-refractivity contribution in [3.63, 3.8) is 0 Å². The molecule has 2 aromatic rings. The van der Waals surface area contributed by atoms with Gasteiger partial charge in [-0.1, -0.05) is 12.1 Å². The molecule has 0 bridgehead atoms. The van der Waals surface area contributed by atoms with Crippen molar-refractivity contribution in [2.45, 2.75) is 19.2 Å². The Morgan fingerprint density at radius 2 is 2.10 bits per heavy atom. The Labute approximate surface area is 127 Å². The van der Waals surface area contributed by atoms with Crippen LogP contribution in [0, 0.1) is 6.92 Å². The maximum atomic E-state index is 12.0. The van der Waals surface area contributed by atoms with Gasteiger partial charge in [-0.25, -0.2) is 17.9 Å². The molecule has 1 heterocycles. The quantitative estimate of drug-likeness (QED) is 0.854. The second-order valence-corrected chi connectivity index (χ2v) is 7.42. The molecule has 0 radical (unpaired) electrons. The number of carboxylic acids is 1. The van der Waals surface area contributed by atoms with Crippen molar-refractivity contribution in [2.24, 2.45) is 0 Å². The molecule has 1 aromatic carbocycles. The highest BCUT2D eigenvalue weighted by atomic mass is 32.2. The summed E-state index contributed by atoms with van der Waals surface area (Å²) >= 11 is 1.50. The van der Waals surface area contributed by atoms with Crippen molar-refractivity contribution in [3.05, 3.63) is 57.3 Å². The average Bonchev–Trinajstić information content (AvgIpc) is 2.82. The molecule has 0 amide bonds. The van der Waals surface area contributed by atoms with E-state index in [1.54, 1.807) is 6.07 Å². The summed E-state index contributed by atoms with van der Waals surface area (Å²) in [4.78, 5) is 11.8. The van der Waals surface area contributed by atoms with Crippen molar-refractivity contribution >= 4 is 27.3 Å². The van der Waals surface area contributed by atoms with Crippen molar-refractivity contribution < 1.29 is 18.3 Å². The number of aryl methyl sites for hydroxylation is 1. The van der Waals surface area contributed by atoms with Gasteiger partial charge >= 0.3 is 5.97 Å². The van der Waals surface area contributed by atoms with E-state index in [0.717, 1.165) is 10.4 Å². The van der Waals surface area contributed by atoms with Gasteiger partial charge in [0.15, 0.2) is 0 Å². The summed E-state index contributed by atoms with van der Waals surface area (Å²) in [5.74, 6) is -1.31. The molecular formula is C14H15NO4S2. The van der Waals surface area contributed by atoms with Crippen LogP contribution in [0.4, 0.5) is 0 Å². The molecular weight excluding hydrogens is 310 g/mol. The highest BCUT2D eigenvalue weighted by molar-refractivity contribution is 7.88. The van der Waals surface area contributed by atoms with Crippen molar-refractivity contribution in [3.8, 4) is 0 Å². The molecule has 0 saturated heterocycles. The lowest BCUT2D eigenvalue weighted by Crippen LogP contribution is -2.24. The Morgan fingerprint density at radius 1 is 1.33 bits per heavy atom. The average molecular weight is 325 g/mol. The van der Waals surface area contributed by atoms with E-state index in [1.165, 1.54) is 29.5 Å². The molecule has 0 saturated carbocycles. The number of hydrogen-bond acceptors (Lipinski definition) is 4. The maximum Gasteiger partial charge on any atom is 0.335 e. The van der Waals surface area contributed by atoms with E-state index in [4.69, 9.17) is 5.11 Å². The van der Waals surface area contributed by atoms with Crippen LogP contribution in [0.2, 0.25) is 0 Å². The van der Waals surface area contributed by atoms with Gasteiger partial charge in [0.05, 0.1) is 11.3 Å². The van der Waals surface area contributed by atoms with Gasteiger partial charge in [-0.2, -0.15) is 0 Å². The fraction of sp³-hybridized carbons (Fsp3) is 0.214. The number of aromatic carboxylic acids is 1. The number of carbonyl (C=O) groups is 1. The largest absolute Gasteiger partial charge is 0.478 e. The van der Waals surface area contributed by atoms with E-state index in [1.807, 2.05) is 18.4 Å². The number of benzene rings is 1. The lowest BCUT2D eigenvalue weighted by atomic mass is 10.1. The molecule has 0 spiro atoms. The predicted molar refractivity (Wildman–Crippen MR) is 81.9 cm³/mol. The van der Waals surface area contributed by atoms with Gasteiger partial charge in [-0.3, -0.25) is 0 Å². The Morgan fingerprint density at radius 3 is 2.71 bits per heavy atom. The highest BCUT2D eigenvalue weighted by Crippen LogP contribution is 2.16. The lowest BCUT2D eigenvalue weighted by Gasteiger charge is -2.07. The molecule has 0 unspecified atom stereocenters. The predicted octanol–water partition coefficient (Wildman–Crippen LogP) is 2.37. The lowest BCUT2D eigenvalue weighted by molar-refractivity contribution is 0.0696. The van der Waals surface area contributed by atoms with Gasteiger partial charge in [0.25, 0.3) is 0 Å². The first-order valence-electron chi connectivity index (χ1n) is 6.20. The van der Waals surface area contributed by atoms with Gasteiger partial charge in [0, 0.05) is 11.4 Å². The second-order valence-electron chi connectivity index (χ2n) is 4.61. The van der Waals surface area contributed by atoms with Crippen molar-refractivity contribution in [1.29, 1.82) is 0 Å². The topological polar surface area (TPSA) is 83.5 Å². The summed E-state index contributed by atoms with van der Waals surface area (Å²) in [7, 11) is -3.51. The zero-order valence-electron chi connectivity index (χ0n) is 11.4. The van der Waals surface area contributed by atoms with Crippen LogP contribution in [-0.4, -0.2) is 19.5 Å². The van der Waals surface area contributed by atoms with Gasteiger partial charge in [0.1, 0.15) is 0 Å². The van der Waals surface area contributed by atoms with Gasteiger partial charge in [-0.05, 0) is 41.6 Å². The van der Waals surface area contributed by atoms with Crippen LogP contribution >= 0.6 is 11.3 Å². The number of hydrogen-bond donors (Lipinski definition) is 2. The first-order valence-corrected chi connectivity index (χ1v) is 8.73. The van der Waals surface area contributed by atoms with Crippen molar-refractivity contribution in [1.82, 2.24) is 4.72 Å². The molecule has 0 aliphatic rings. The minimum Gasteiger partial charge on any atom is -0.478 e. The number of rotatable bonds is 6. The summed E-state index contributed by atoms with van der Waals surface area (Å²) < 4.78 is 26.6. The van der Waals surface area contributed by atoms with E-state index in [-0.39, 0.29) is 17.9 Å². The van der Waals surface area contributed by atoms with Crippen LogP contribution in [0.1, 0.15) is 26.4 Å². The molecule has 0 aliphatic heterocycles. The standard InChI is InChI=1S/C14H15NO4S2/c1-10-5-6-20-13(10)8-15-21(18,19)9-11-3-2-4-12(7-11)14(16)17/h2-7,15H,8-9H2,1H3,(H,16,17). The van der Waals surface area contributed by atoms with Crippen LogP contribution in [0.25, 0.3) is 0 Å². The van der Waals surface area contributed by atoms with Crippen LogP contribution in [0.3, 0.4) is 0 Å². The minimum absolute atomic E-state index is 0.0804. The Bertz CT molecular complexity index is 750. The van der Waals surface area contributed by atoms with E-state index < -0.39 is 16.0 Å². The zero-order chi connectivity index (χ0) is 15.5. The van der Waals surface area contributed by atoms with Crippen LogP contribution in [-0.2, 0) is 22.3 Å². The smallest absolute Gasteiger partial charge is 0.335 e. The Balaban J connectivity index is 2.05. The van der Waals surface area contributed by atoms with Crippen LogP contribution < -0.4 is 4.72 Å². The Kier molecular flexibility index (Phi) is 4.76. The summed E-state index contributed by atoms with van der Waals surface area (Å²) in [6, 6.07) is 7.88. The third-order valence-corrected chi connectivity index (χ3v) is 5.27. The zero-order valence-corrected chi connectivity index (χ0v) is 13.0. The number of thiophene rings is 1. The first kappa shape index (κ1) is 15.7. The van der Waals surface area contributed by atoms with E-state index in [0.29, 0.717) is 5.56 Å². The second kappa shape index (κ2) is 6.38. The van der Waals surface area contributed by atoms with Crippen LogP contribution in [0.5, 0.6) is 0 Å². The molecule has 112 valence electrons. The highest BCUT2D eigenvalue weighted by Gasteiger charge is 2.13. The third-order valence-electron chi connectivity index (χ3n) is 2.95. The van der Waals surface area contributed by atoms with E-state index in [9.17, 15) is 13.2 Å². The molecule has 21 heavy (non-hydrogen) atoms. The SMILES string of the molecule is Cc1ccsc1CNS(=O)(=O)Cc1cccc(C(=O)O)c1. The molecule has 5 nitrogen and oxygen atoms in total. The van der Waals surface area contributed by atoms with Crippen LogP contribution in [0.15, 0.2) is 35.7 Å². The maximum absolute atomic E-state index is 12.0. The van der Waals surface area contributed by atoms with E-state index in [2.05, 4.69) is 4.72 Å². The van der Waals surface area contributed by atoms with Gasteiger partial charge in [0.2, 0.25) is 10.0 Å². The molecule has 7 heteroatoms. The third kappa shape index (κ3) is 4.38. The number of sulfonamides is 1. The number of nitrogens with one attached hydrogen (secondary N) is 1. The fourth-order valence-corrected chi connectivity index (χ4v) is 3.85. The van der Waals surface area contributed by atoms with Gasteiger partial charge < -0.3 is 5.11 Å². The molecule has 2 rings (SSSR count). The van der Waals surface area contributed by atoms with E-state index >= 15 is 0 Å². The summed E-state index contributed by atoms with van der Waals surface area (Å²) in [6.45, 7) is 2.18. The normalized spacial score (nSPS) is 11.5. The van der Waals surface area contributed by atoms with Crippen molar-refractivity contribution in [2.75, 3.05) is 0 Å². The van der Waals surface area contributed by atoms with Gasteiger partial charge in [-0.15, -0.1) is 11.3 Å². The molecule has 0 atom stereocenters. The Hall–Kier alpha value is -1.70. The summed E-state index contributed by atoms with van der Waals surface area (Å²) in [6.07, 6.45) is 0. The monoisotopic (exact) mass is 325 g/mol. The summed E-state index contributed by atoms with van der Waals surface area (Å²) in [5, 5.41) is 10.8. The minimum atomic E-state index is -3.51. The molecule has 2 N–H and O–H groups in total.